The smallest absolute Gasteiger partial charge is 0.257 e. The van der Waals surface area contributed by atoms with Crippen LogP contribution < -0.4 is 10.1 Å². The number of halogens is 3. The monoisotopic (exact) mass is 495 g/mol. The van der Waals surface area contributed by atoms with Gasteiger partial charge in [0.05, 0.1) is 19.7 Å². The van der Waals surface area contributed by atoms with Gasteiger partial charge in [-0.1, -0.05) is 15.9 Å². The van der Waals surface area contributed by atoms with Crippen LogP contribution in [0, 0.1) is 0 Å². The zero-order chi connectivity index (χ0) is 15.4. The molecule has 0 saturated heterocycles. The van der Waals surface area contributed by atoms with E-state index in [1.54, 1.807) is 6.07 Å². The van der Waals surface area contributed by atoms with Gasteiger partial charge in [-0.15, -0.1) is 11.3 Å². The number of amides is 1. The van der Waals surface area contributed by atoms with E-state index in [9.17, 15) is 4.79 Å². The van der Waals surface area contributed by atoms with E-state index in [1.165, 1.54) is 11.3 Å². The number of ether oxygens (including phenoxy) is 1. The minimum Gasteiger partial charge on any atom is -0.494 e. The Kier molecular flexibility index (Phi) is 6.28. The van der Waals surface area contributed by atoms with Gasteiger partial charge >= 0.3 is 0 Å². The van der Waals surface area contributed by atoms with E-state index in [2.05, 4.69) is 53.1 Å². The third-order valence-electron chi connectivity index (χ3n) is 2.66. The molecule has 1 N–H and O–H groups in total. The van der Waals surface area contributed by atoms with Crippen LogP contribution in [0.3, 0.4) is 0 Å². The Bertz CT molecular complexity index is 658. The molecule has 2 aromatic rings. The molecule has 1 aromatic heterocycles. The van der Waals surface area contributed by atoms with Gasteiger partial charge in [-0.2, -0.15) is 0 Å². The summed E-state index contributed by atoms with van der Waals surface area (Å²) < 4.78 is 7.25. The maximum atomic E-state index is 12.3. The summed E-state index contributed by atoms with van der Waals surface area (Å²) in [4.78, 5) is 12.3. The van der Waals surface area contributed by atoms with E-state index in [0.29, 0.717) is 17.5 Å². The van der Waals surface area contributed by atoms with Crippen LogP contribution in [0.25, 0.3) is 0 Å². The highest BCUT2D eigenvalue weighted by Crippen LogP contribution is 2.32. The van der Waals surface area contributed by atoms with E-state index in [4.69, 9.17) is 4.74 Å². The first-order chi connectivity index (χ1) is 10.0. The maximum Gasteiger partial charge on any atom is 0.257 e. The topological polar surface area (TPSA) is 38.3 Å². The Hall–Kier alpha value is -0.370. The molecule has 3 nitrogen and oxygen atoms in total. The lowest BCUT2D eigenvalue weighted by Crippen LogP contribution is -2.11. The molecule has 0 aliphatic heterocycles. The van der Waals surface area contributed by atoms with Crippen LogP contribution in [0.1, 0.15) is 22.8 Å². The minimum absolute atomic E-state index is 0.145. The number of rotatable bonds is 5. The number of carbonyl (C=O) groups excluding carboxylic acids is 1. The van der Waals surface area contributed by atoms with Crippen molar-refractivity contribution in [2.45, 2.75) is 12.3 Å². The predicted molar refractivity (Wildman–Crippen MR) is 97.9 cm³/mol. The zero-order valence-corrected chi connectivity index (χ0v) is 16.7. The van der Waals surface area contributed by atoms with Crippen molar-refractivity contribution in [1.29, 1.82) is 0 Å². The Balaban J connectivity index is 2.19. The molecule has 7 heteroatoms. The highest BCUT2D eigenvalue weighted by atomic mass is 79.9. The molecule has 1 amide bonds. The minimum atomic E-state index is -0.145. The number of benzene rings is 1. The van der Waals surface area contributed by atoms with E-state index in [0.717, 1.165) is 24.6 Å². The largest absolute Gasteiger partial charge is 0.494 e. The van der Waals surface area contributed by atoms with Gasteiger partial charge in [0.2, 0.25) is 0 Å². The van der Waals surface area contributed by atoms with Crippen molar-refractivity contribution in [3.05, 3.63) is 43.0 Å². The molecular formula is C14H12Br3NO2S. The molecule has 21 heavy (non-hydrogen) atoms. The Morgan fingerprint density at radius 3 is 2.67 bits per heavy atom. The van der Waals surface area contributed by atoms with Gasteiger partial charge in [-0.05, 0) is 63.0 Å². The molecular weight excluding hydrogens is 486 g/mol. The number of hydrogen-bond acceptors (Lipinski definition) is 3. The fourth-order valence-corrected chi connectivity index (χ4v) is 4.98. The van der Waals surface area contributed by atoms with Crippen molar-refractivity contribution in [3.63, 3.8) is 0 Å². The fraction of sp³-hybridized carbons (Fsp3) is 0.214. The van der Waals surface area contributed by atoms with Crippen molar-refractivity contribution in [3.8, 4) is 5.75 Å². The second-order valence-electron chi connectivity index (χ2n) is 4.08. The van der Waals surface area contributed by atoms with Gasteiger partial charge < -0.3 is 10.1 Å². The molecule has 0 atom stereocenters. The summed E-state index contributed by atoms with van der Waals surface area (Å²) in [6, 6.07) is 7.41. The molecule has 2 rings (SSSR count). The van der Waals surface area contributed by atoms with Gasteiger partial charge in [-0.25, -0.2) is 0 Å². The van der Waals surface area contributed by atoms with Crippen LogP contribution in [0.2, 0.25) is 0 Å². The van der Waals surface area contributed by atoms with Crippen LogP contribution >= 0.6 is 59.1 Å². The quantitative estimate of drug-likeness (QED) is 0.529. The number of carbonyl (C=O) groups is 1. The van der Waals surface area contributed by atoms with Gasteiger partial charge in [0.15, 0.2) is 0 Å². The lowest BCUT2D eigenvalue weighted by atomic mass is 10.2. The van der Waals surface area contributed by atoms with E-state index < -0.39 is 0 Å². The maximum absolute atomic E-state index is 12.3. The second kappa shape index (κ2) is 7.76. The summed E-state index contributed by atoms with van der Waals surface area (Å²) >= 11 is 11.7. The highest BCUT2D eigenvalue weighted by Gasteiger charge is 2.14. The van der Waals surface area contributed by atoms with Gasteiger partial charge in [0, 0.05) is 16.6 Å². The molecule has 112 valence electrons. The molecule has 0 fully saturated rings. The first-order valence-corrected chi connectivity index (χ1v) is 9.65. The zero-order valence-electron chi connectivity index (χ0n) is 11.1. The van der Waals surface area contributed by atoms with Crippen molar-refractivity contribution >= 4 is 70.7 Å². The average Bonchev–Trinajstić information content (AvgIpc) is 2.79. The first-order valence-electron chi connectivity index (χ1n) is 6.13. The standard InChI is InChI=1S/C14H12Br3NO2S/c1-2-20-11-4-3-9(5-8(11)7-15)18-14(19)10-6-12(16)21-13(10)17/h3-6H,2,7H2,1H3,(H,18,19). The summed E-state index contributed by atoms with van der Waals surface area (Å²) in [7, 11) is 0. The molecule has 1 heterocycles. The molecule has 0 saturated carbocycles. The number of nitrogens with one attached hydrogen (secondary N) is 1. The summed E-state index contributed by atoms with van der Waals surface area (Å²) in [5.74, 6) is 0.681. The second-order valence-corrected chi connectivity index (χ2v) is 8.39. The summed E-state index contributed by atoms with van der Waals surface area (Å²) in [5, 5.41) is 3.56. The van der Waals surface area contributed by atoms with Crippen LogP contribution in [0.4, 0.5) is 5.69 Å². The van der Waals surface area contributed by atoms with Crippen LogP contribution in [0.15, 0.2) is 31.8 Å². The van der Waals surface area contributed by atoms with Crippen LogP contribution in [-0.4, -0.2) is 12.5 Å². The summed E-state index contributed by atoms with van der Waals surface area (Å²) in [6.07, 6.45) is 0. The Morgan fingerprint density at radius 2 is 2.10 bits per heavy atom. The number of anilines is 1. The highest BCUT2D eigenvalue weighted by molar-refractivity contribution is 9.12. The Morgan fingerprint density at radius 1 is 1.33 bits per heavy atom. The molecule has 1 aromatic carbocycles. The summed E-state index contributed by atoms with van der Waals surface area (Å²) in [6.45, 7) is 2.56. The molecule has 0 spiro atoms. The first kappa shape index (κ1) is 17.0. The van der Waals surface area contributed by atoms with Crippen molar-refractivity contribution in [2.24, 2.45) is 0 Å². The van der Waals surface area contributed by atoms with E-state index in [-0.39, 0.29) is 5.91 Å². The van der Waals surface area contributed by atoms with Crippen molar-refractivity contribution in [1.82, 2.24) is 0 Å². The average molecular weight is 498 g/mol. The SMILES string of the molecule is CCOc1ccc(NC(=O)c2cc(Br)sc2Br)cc1CBr. The molecule has 0 radical (unpaired) electrons. The summed E-state index contributed by atoms with van der Waals surface area (Å²) in [5.41, 5.74) is 2.36. The third-order valence-corrected chi connectivity index (χ3v) is 5.61. The van der Waals surface area contributed by atoms with Crippen LogP contribution in [-0.2, 0) is 5.33 Å². The van der Waals surface area contributed by atoms with Gasteiger partial charge in [0.1, 0.15) is 5.75 Å². The molecule has 0 aliphatic carbocycles. The lowest BCUT2D eigenvalue weighted by molar-refractivity contribution is 0.102. The van der Waals surface area contributed by atoms with Crippen molar-refractivity contribution < 1.29 is 9.53 Å². The molecule has 0 unspecified atom stereocenters. The van der Waals surface area contributed by atoms with Gasteiger partial charge in [0.25, 0.3) is 5.91 Å². The molecule has 0 aliphatic rings. The number of alkyl halides is 1. The Labute approximate surface area is 152 Å². The van der Waals surface area contributed by atoms with Crippen molar-refractivity contribution in [2.75, 3.05) is 11.9 Å². The van der Waals surface area contributed by atoms with E-state index in [1.807, 2.05) is 25.1 Å². The number of thiophene rings is 1. The van der Waals surface area contributed by atoms with Gasteiger partial charge in [-0.3, -0.25) is 4.79 Å². The third kappa shape index (κ3) is 4.31. The normalized spacial score (nSPS) is 10.5. The van der Waals surface area contributed by atoms with Crippen LogP contribution in [0.5, 0.6) is 5.75 Å². The number of hydrogen-bond donors (Lipinski definition) is 1. The lowest BCUT2D eigenvalue weighted by Gasteiger charge is -2.11. The predicted octanol–water partition coefficient (Wildman–Crippen LogP) is 5.82. The molecule has 0 bridgehead atoms. The fourth-order valence-electron chi connectivity index (χ4n) is 1.75. The van der Waals surface area contributed by atoms with E-state index >= 15 is 0 Å².